The summed E-state index contributed by atoms with van der Waals surface area (Å²) in [5.74, 6) is 1.55. The number of aromatic nitrogens is 3. The molecule has 4 heterocycles. The number of amides is 3. The van der Waals surface area contributed by atoms with E-state index in [1.54, 1.807) is 30.3 Å². The zero-order chi connectivity index (χ0) is 35.2. The summed E-state index contributed by atoms with van der Waals surface area (Å²) in [6.07, 6.45) is 5.87. The number of aryl methyl sites for hydroxylation is 1. The van der Waals surface area contributed by atoms with Crippen LogP contribution >= 0.6 is 0 Å². The van der Waals surface area contributed by atoms with Gasteiger partial charge in [0.1, 0.15) is 18.1 Å². The van der Waals surface area contributed by atoms with E-state index in [1.807, 2.05) is 77.8 Å². The molecule has 1 atom stereocenters. The van der Waals surface area contributed by atoms with E-state index in [4.69, 9.17) is 14.0 Å². The van der Waals surface area contributed by atoms with E-state index in [0.717, 1.165) is 22.5 Å². The number of rotatable bonds is 5. The van der Waals surface area contributed by atoms with E-state index in [9.17, 15) is 14.4 Å². The summed E-state index contributed by atoms with van der Waals surface area (Å²) < 4.78 is 19.4. The van der Waals surface area contributed by atoms with Crippen molar-refractivity contribution >= 4 is 17.7 Å². The van der Waals surface area contributed by atoms with Crippen LogP contribution in [0.5, 0.6) is 11.5 Å². The third-order valence-electron chi connectivity index (χ3n) is 9.38. The summed E-state index contributed by atoms with van der Waals surface area (Å²) in [5, 5.41) is 7.13. The van der Waals surface area contributed by atoms with Crippen molar-refractivity contribution in [3.8, 4) is 34.1 Å². The SMILES string of the molecule is COc1ccc2cc1OCCN(C(=O)c1cc(-c3ccccc3)no1)CCCCN(C(=O)CC1NC(=O)c3ccccc31)CCCn1ccnc1-2. The van der Waals surface area contributed by atoms with Gasteiger partial charge in [0, 0.05) is 61.3 Å². The largest absolute Gasteiger partial charge is 0.493 e. The van der Waals surface area contributed by atoms with Crippen molar-refractivity contribution in [3.05, 3.63) is 108 Å². The molecular weight excluding hydrogens is 648 g/mol. The minimum Gasteiger partial charge on any atom is -0.493 e. The van der Waals surface area contributed by atoms with Gasteiger partial charge in [-0.1, -0.05) is 53.7 Å². The van der Waals surface area contributed by atoms with Gasteiger partial charge in [0.05, 0.1) is 26.1 Å². The predicted molar refractivity (Wildman–Crippen MR) is 189 cm³/mol. The topological polar surface area (TPSA) is 132 Å². The van der Waals surface area contributed by atoms with Crippen LogP contribution in [0, 0.1) is 0 Å². The summed E-state index contributed by atoms with van der Waals surface area (Å²) in [7, 11) is 1.59. The molecule has 5 aromatic rings. The second-order valence-corrected chi connectivity index (χ2v) is 12.7. The molecule has 0 fully saturated rings. The van der Waals surface area contributed by atoms with Gasteiger partial charge in [0.2, 0.25) is 11.7 Å². The van der Waals surface area contributed by atoms with E-state index in [1.165, 1.54) is 0 Å². The van der Waals surface area contributed by atoms with Crippen LogP contribution < -0.4 is 14.8 Å². The quantitative estimate of drug-likeness (QED) is 0.252. The molecule has 2 aliphatic heterocycles. The van der Waals surface area contributed by atoms with Crippen LogP contribution in [-0.4, -0.2) is 82.1 Å². The van der Waals surface area contributed by atoms with Crippen LogP contribution in [0.1, 0.15) is 58.2 Å². The Morgan fingerprint density at radius 3 is 2.51 bits per heavy atom. The van der Waals surface area contributed by atoms with Crippen molar-refractivity contribution in [3.63, 3.8) is 0 Å². The molecule has 0 saturated carbocycles. The first-order valence-corrected chi connectivity index (χ1v) is 17.3. The standard InChI is InChI=1S/C39H40N6O6/c1-49-33-15-14-28-24-34(33)50-23-22-45(39(48)35-25-31(42-51-35)27-10-3-2-4-11-27)18-8-7-17-43(19-9-20-44-21-16-40-37(28)44)36(46)26-32-29-12-5-6-13-30(29)38(47)41-32/h2-6,10-16,21,24-25,32H,7-9,17-20,22-23,26H2,1H3,(H,41,47). The summed E-state index contributed by atoms with van der Waals surface area (Å²) >= 11 is 0. The molecule has 262 valence electrons. The Morgan fingerprint density at radius 1 is 0.882 bits per heavy atom. The summed E-state index contributed by atoms with van der Waals surface area (Å²) in [6.45, 7) is 2.59. The first kappa shape index (κ1) is 33.6. The van der Waals surface area contributed by atoms with Gasteiger partial charge in [-0.05, 0) is 49.1 Å². The molecule has 12 nitrogen and oxygen atoms in total. The van der Waals surface area contributed by atoms with Gasteiger partial charge in [-0.15, -0.1) is 0 Å². The smallest absolute Gasteiger partial charge is 0.292 e. The first-order chi connectivity index (χ1) is 25.0. The molecule has 51 heavy (non-hydrogen) atoms. The van der Waals surface area contributed by atoms with Crippen LogP contribution in [0.2, 0.25) is 0 Å². The van der Waals surface area contributed by atoms with E-state index in [-0.39, 0.29) is 49.1 Å². The van der Waals surface area contributed by atoms with Crippen LogP contribution in [0.15, 0.2) is 95.8 Å². The average molecular weight is 689 g/mol. The number of carbonyl (C=O) groups is 3. The van der Waals surface area contributed by atoms with Gasteiger partial charge in [-0.25, -0.2) is 4.98 Å². The van der Waals surface area contributed by atoms with Crippen LogP contribution in [0.3, 0.4) is 0 Å². The predicted octanol–water partition coefficient (Wildman–Crippen LogP) is 5.62. The maximum absolute atomic E-state index is 13.9. The van der Waals surface area contributed by atoms with E-state index in [0.29, 0.717) is 68.2 Å². The number of benzene rings is 3. The fourth-order valence-electron chi connectivity index (χ4n) is 6.72. The maximum atomic E-state index is 13.9. The van der Waals surface area contributed by atoms with Gasteiger partial charge in [0.15, 0.2) is 11.5 Å². The molecule has 0 radical (unpaired) electrons. The molecule has 0 spiro atoms. The van der Waals surface area contributed by atoms with Crippen molar-refractivity contribution in [1.29, 1.82) is 0 Å². The van der Waals surface area contributed by atoms with Crippen LogP contribution in [0.4, 0.5) is 0 Å². The monoisotopic (exact) mass is 688 g/mol. The molecule has 3 amide bonds. The van der Waals surface area contributed by atoms with Crippen molar-refractivity contribution < 1.29 is 28.4 Å². The van der Waals surface area contributed by atoms with Crippen LogP contribution in [0.25, 0.3) is 22.6 Å². The highest BCUT2D eigenvalue weighted by atomic mass is 16.5. The average Bonchev–Trinajstić information content (AvgIpc) is 3.91. The Morgan fingerprint density at radius 2 is 1.67 bits per heavy atom. The van der Waals surface area contributed by atoms with Crippen LogP contribution in [-0.2, 0) is 11.3 Å². The molecular formula is C39H40N6O6. The number of methoxy groups -OCH3 is 1. The van der Waals surface area contributed by atoms with E-state index < -0.39 is 0 Å². The lowest BCUT2D eigenvalue weighted by Gasteiger charge is -2.26. The number of hydrogen-bond acceptors (Lipinski definition) is 8. The maximum Gasteiger partial charge on any atom is 0.292 e. The second kappa shape index (κ2) is 15.3. The van der Waals surface area contributed by atoms with Gasteiger partial charge in [-0.2, -0.15) is 0 Å². The number of fused-ring (bicyclic) bond motifs is 5. The zero-order valence-electron chi connectivity index (χ0n) is 28.5. The third kappa shape index (κ3) is 7.49. The van der Waals surface area contributed by atoms with Crippen molar-refractivity contribution in [2.75, 3.05) is 39.9 Å². The Hall–Kier alpha value is -5.91. The summed E-state index contributed by atoms with van der Waals surface area (Å²) in [5.41, 5.74) is 3.75. The Kier molecular flexibility index (Phi) is 10.1. The molecule has 2 aliphatic rings. The lowest BCUT2D eigenvalue weighted by Crippen LogP contribution is -2.37. The number of ether oxygens (including phenoxy) is 2. The highest BCUT2D eigenvalue weighted by Crippen LogP contribution is 2.33. The number of carbonyl (C=O) groups excluding carboxylic acids is 3. The fraction of sp³-hybridized carbons (Fsp3) is 0.308. The number of nitrogens with one attached hydrogen (secondary N) is 1. The van der Waals surface area contributed by atoms with Crippen molar-refractivity contribution in [2.45, 2.75) is 38.3 Å². The third-order valence-corrected chi connectivity index (χ3v) is 9.38. The molecule has 0 saturated heterocycles. The minimum absolute atomic E-state index is 0.0306. The Balaban J connectivity index is 1.12. The lowest BCUT2D eigenvalue weighted by molar-refractivity contribution is -0.131. The van der Waals surface area contributed by atoms with Gasteiger partial charge in [0.25, 0.3) is 11.8 Å². The zero-order valence-corrected chi connectivity index (χ0v) is 28.5. The van der Waals surface area contributed by atoms with Crippen molar-refractivity contribution in [2.24, 2.45) is 0 Å². The molecule has 7 rings (SSSR count). The molecule has 0 aliphatic carbocycles. The van der Waals surface area contributed by atoms with E-state index >= 15 is 0 Å². The molecule has 2 aromatic heterocycles. The lowest BCUT2D eigenvalue weighted by atomic mass is 10.0. The molecule has 1 unspecified atom stereocenters. The Bertz CT molecular complexity index is 2010. The van der Waals surface area contributed by atoms with E-state index in [2.05, 4.69) is 20.0 Å². The molecule has 1 N–H and O–H groups in total. The second-order valence-electron chi connectivity index (χ2n) is 12.7. The van der Waals surface area contributed by atoms with Gasteiger partial charge in [-0.3, -0.25) is 14.4 Å². The number of nitrogens with zero attached hydrogens (tertiary/aromatic N) is 5. The number of imidazole rings is 1. The van der Waals surface area contributed by atoms with Gasteiger partial charge < -0.3 is 33.7 Å². The minimum atomic E-state index is -0.370. The van der Waals surface area contributed by atoms with Crippen molar-refractivity contribution in [1.82, 2.24) is 29.8 Å². The summed E-state index contributed by atoms with van der Waals surface area (Å²) in [4.78, 5) is 48.5. The molecule has 2 bridgehead atoms. The first-order valence-electron chi connectivity index (χ1n) is 17.3. The molecule has 12 heteroatoms. The fourth-order valence-corrected chi connectivity index (χ4v) is 6.72. The highest BCUT2D eigenvalue weighted by Gasteiger charge is 2.31. The number of hydrogen-bond donors (Lipinski definition) is 1. The normalized spacial score (nSPS) is 16.7. The Labute approximate surface area is 296 Å². The molecule has 3 aromatic carbocycles. The highest BCUT2D eigenvalue weighted by molar-refractivity contribution is 5.99. The summed E-state index contributed by atoms with van der Waals surface area (Å²) in [6, 6.07) is 23.9. The van der Waals surface area contributed by atoms with Gasteiger partial charge >= 0.3 is 0 Å².